The fraction of sp³-hybridized carbons (Fsp3) is 0.200. The molecule has 0 fully saturated rings. The van der Waals surface area contributed by atoms with Crippen LogP contribution in [0.4, 0.5) is 0 Å². The van der Waals surface area contributed by atoms with E-state index in [2.05, 4.69) is 20.7 Å². The summed E-state index contributed by atoms with van der Waals surface area (Å²) < 4.78 is 0. The van der Waals surface area contributed by atoms with Gasteiger partial charge in [0, 0.05) is 12.4 Å². The van der Waals surface area contributed by atoms with Crippen LogP contribution in [0.2, 0.25) is 0 Å². The Morgan fingerprint density at radius 3 is 1.89 bits per heavy atom. The molecular formula is C5H9N3O. The number of hydrogen-bond acceptors (Lipinski definition) is 4. The second-order valence-corrected chi connectivity index (χ2v) is 1.14. The van der Waals surface area contributed by atoms with E-state index < -0.39 is 0 Å². The van der Waals surface area contributed by atoms with Gasteiger partial charge in [0.25, 0.3) is 0 Å². The minimum absolute atomic E-state index is 1.40. The van der Waals surface area contributed by atoms with E-state index in [0.717, 1.165) is 0 Å². The van der Waals surface area contributed by atoms with E-state index in [1.165, 1.54) is 13.4 Å². The molecule has 9 heavy (non-hydrogen) atoms. The maximum atomic E-state index is 4.35. The second-order valence-electron chi connectivity index (χ2n) is 1.14. The fourth-order valence-corrected chi connectivity index (χ4v) is 0.253. The Kier molecular flexibility index (Phi) is 6.22. The Hall–Kier alpha value is -1.00. The third kappa shape index (κ3) is 7.00. The van der Waals surface area contributed by atoms with Gasteiger partial charge in [-0.2, -0.15) is 0 Å². The lowest BCUT2D eigenvalue weighted by molar-refractivity contribution is 0.206. The van der Waals surface area contributed by atoms with E-state index >= 15 is 0 Å². The summed E-state index contributed by atoms with van der Waals surface area (Å²) in [7, 11) is 1.40. The molecule has 1 aromatic rings. The summed E-state index contributed by atoms with van der Waals surface area (Å²) in [6.45, 7) is 0. The molecule has 4 heteroatoms. The van der Waals surface area contributed by atoms with Crippen LogP contribution in [-0.2, 0) is 4.84 Å². The Morgan fingerprint density at radius 1 is 1.33 bits per heavy atom. The minimum Gasteiger partial charge on any atom is -0.308 e. The summed E-state index contributed by atoms with van der Waals surface area (Å²) in [4.78, 5) is 11.1. The zero-order valence-corrected chi connectivity index (χ0v) is 5.19. The molecule has 1 aromatic heterocycles. The lowest BCUT2D eigenvalue weighted by atomic mass is 10.7. The quantitative estimate of drug-likeness (QED) is 0.497. The first-order valence-electron chi connectivity index (χ1n) is 2.34. The van der Waals surface area contributed by atoms with Crippen molar-refractivity contribution in [3.63, 3.8) is 0 Å². The highest BCUT2D eigenvalue weighted by molar-refractivity contribution is 4.74. The van der Waals surface area contributed by atoms with Crippen LogP contribution in [0, 0.1) is 0 Å². The maximum absolute atomic E-state index is 4.35. The van der Waals surface area contributed by atoms with Crippen molar-refractivity contribution in [2.45, 2.75) is 0 Å². The average Bonchev–Trinajstić information content (AvgIpc) is 1.93. The Bertz CT molecular complexity index is 95.1. The van der Waals surface area contributed by atoms with E-state index in [1.807, 2.05) is 0 Å². The van der Waals surface area contributed by atoms with Crippen LogP contribution in [0.1, 0.15) is 0 Å². The van der Waals surface area contributed by atoms with Gasteiger partial charge in [0.1, 0.15) is 6.33 Å². The van der Waals surface area contributed by atoms with Crippen LogP contribution < -0.4 is 5.90 Å². The zero-order chi connectivity index (χ0) is 6.95. The van der Waals surface area contributed by atoms with Crippen molar-refractivity contribution in [3.8, 4) is 0 Å². The van der Waals surface area contributed by atoms with Crippen molar-refractivity contribution >= 4 is 0 Å². The van der Waals surface area contributed by atoms with Gasteiger partial charge >= 0.3 is 0 Å². The molecule has 0 unspecified atom stereocenters. The molecule has 0 radical (unpaired) electrons. The average molecular weight is 127 g/mol. The van der Waals surface area contributed by atoms with Crippen LogP contribution in [-0.4, -0.2) is 17.1 Å². The highest BCUT2D eigenvalue weighted by atomic mass is 16.6. The third-order valence-electron chi connectivity index (χ3n) is 0.478. The predicted octanol–water partition coefficient (Wildman–Crippen LogP) is -0.0169. The van der Waals surface area contributed by atoms with Crippen molar-refractivity contribution in [1.82, 2.24) is 9.97 Å². The zero-order valence-electron chi connectivity index (χ0n) is 5.19. The smallest absolute Gasteiger partial charge is 0.115 e. The molecule has 0 saturated heterocycles. The highest BCUT2D eigenvalue weighted by Gasteiger charge is 1.59. The van der Waals surface area contributed by atoms with Gasteiger partial charge in [-0.05, 0) is 6.07 Å². The number of hydrogen-bond donors (Lipinski definition) is 1. The molecule has 2 N–H and O–H groups in total. The normalized spacial score (nSPS) is 7.33. The molecule has 0 bridgehead atoms. The third-order valence-corrected chi connectivity index (χ3v) is 0.478. The largest absolute Gasteiger partial charge is 0.308 e. The standard InChI is InChI=1S/C4H4N2.CH5NO/c1-2-5-4-6-3-1;1-3-2/h1-4H;2H2,1H3. The van der Waals surface area contributed by atoms with Gasteiger partial charge in [-0.25, -0.2) is 15.9 Å². The van der Waals surface area contributed by atoms with Crippen molar-refractivity contribution < 1.29 is 4.84 Å². The summed E-state index contributed by atoms with van der Waals surface area (Å²) >= 11 is 0. The van der Waals surface area contributed by atoms with Crippen molar-refractivity contribution in [2.24, 2.45) is 5.90 Å². The molecule has 0 aromatic carbocycles. The van der Waals surface area contributed by atoms with Crippen LogP contribution in [0.15, 0.2) is 24.8 Å². The Balaban J connectivity index is 0.000000187. The summed E-state index contributed by atoms with van der Waals surface area (Å²) in [5.74, 6) is 4.35. The molecule has 0 saturated carbocycles. The summed E-state index contributed by atoms with van der Waals surface area (Å²) in [5.41, 5.74) is 0. The summed E-state index contributed by atoms with van der Waals surface area (Å²) in [6.07, 6.45) is 4.88. The van der Waals surface area contributed by atoms with E-state index in [1.54, 1.807) is 18.5 Å². The summed E-state index contributed by atoms with van der Waals surface area (Å²) in [6, 6.07) is 1.78. The van der Waals surface area contributed by atoms with Crippen LogP contribution in [0.3, 0.4) is 0 Å². The van der Waals surface area contributed by atoms with Crippen molar-refractivity contribution in [1.29, 1.82) is 0 Å². The van der Waals surface area contributed by atoms with Crippen LogP contribution in [0.5, 0.6) is 0 Å². The second kappa shape index (κ2) is 7.00. The van der Waals surface area contributed by atoms with Crippen LogP contribution >= 0.6 is 0 Å². The lowest BCUT2D eigenvalue weighted by Gasteiger charge is -1.70. The molecule has 1 heterocycles. The maximum Gasteiger partial charge on any atom is 0.115 e. The van der Waals surface area contributed by atoms with Gasteiger partial charge < -0.3 is 4.84 Å². The number of aromatic nitrogens is 2. The fourth-order valence-electron chi connectivity index (χ4n) is 0.253. The van der Waals surface area contributed by atoms with E-state index in [0.29, 0.717) is 0 Å². The van der Waals surface area contributed by atoms with E-state index in [-0.39, 0.29) is 0 Å². The molecule has 0 spiro atoms. The van der Waals surface area contributed by atoms with Gasteiger partial charge in [-0.15, -0.1) is 0 Å². The van der Waals surface area contributed by atoms with Gasteiger partial charge in [-0.1, -0.05) is 0 Å². The van der Waals surface area contributed by atoms with Gasteiger partial charge in [-0.3, -0.25) is 0 Å². The number of rotatable bonds is 0. The Labute approximate surface area is 53.6 Å². The molecular weight excluding hydrogens is 118 g/mol. The molecule has 0 aliphatic heterocycles. The van der Waals surface area contributed by atoms with Gasteiger partial charge in [0.2, 0.25) is 0 Å². The van der Waals surface area contributed by atoms with Crippen molar-refractivity contribution in [3.05, 3.63) is 24.8 Å². The predicted molar refractivity (Wildman–Crippen MR) is 33.2 cm³/mol. The molecule has 50 valence electrons. The molecule has 0 amide bonds. The van der Waals surface area contributed by atoms with Crippen LogP contribution in [0.25, 0.3) is 0 Å². The first kappa shape index (κ1) is 8.00. The first-order chi connectivity index (χ1) is 4.41. The SMILES string of the molecule is CON.c1cncnc1. The highest BCUT2D eigenvalue weighted by Crippen LogP contribution is 1.66. The molecule has 0 atom stereocenters. The molecule has 0 aliphatic rings. The Morgan fingerprint density at radius 2 is 1.78 bits per heavy atom. The number of nitrogens with two attached hydrogens (primary N) is 1. The van der Waals surface area contributed by atoms with Gasteiger partial charge in [0.15, 0.2) is 0 Å². The lowest BCUT2D eigenvalue weighted by Crippen LogP contribution is -1.86. The molecule has 1 rings (SSSR count). The molecule has 0 aliphatic carbocycles. The minimum atomic E-state index is 1.40. The number of nitrogens with zero attached hydrogens (tertiary/aromatic N) is 2. The summed E-state index contributed by atoms with van der Waals surface area (Å²) in [5, 5.41) is 0. The first-order valence-corrected chi connectivity index (χ1v) is 2.34. The van der Waals surface area contributed by atoms with E-state index in [4.69, 9.17) is 0 Å². The van der Waals surface area contributed by atoms with Gasteiger partial charge in [0.05, 0.1) is 7.11 Å². The topological polar surface area (TPSA) is 61.0 Å². The monoisotopic (exact) mass is 127 g/mol. The van der Waals surface area contributed by atoms with E-state index in [9.17, 15) is 0 Å². The molecule has 4 nitrogen and oxygen atoms in total. The van der Waals surface area contributed by atoms with Crippen molar-refractivity contribution in [2.75, 3.05) is 7.11 Å².